The Morgan fingerprint density at radius 2 is 2.38 bits per heavy atom. The summed E-state index contributed by atoms with van der Waals surface area (Å²) in [6, 6.07) is 3.91. The lowest BCUT2D eigenvalue weighted by Crippen LogP contribution is -2.15. The fraction of sp³-hybridized carbons (Fsp3) is 0.636. The van der Waals surface area contributed by atoms with Gasteiger partial charge in [0.2, 0.25) is 0 Å². The zero-order chi connectivity index (χ0) is 9.26. The minimum absolute atomic E-state index is 0.285. The predicted octanol–water partition coefficient (Wildman–Crippen LogP) is 2.48. The fourth-order valence-electron chi connectivity index (χ4n) is 2.40. The number of hydrogen-bond acceptors (Lipinski definition) is 1. The number of aliphatic hydroxyl groups excluding tert-OH is 1. The van der Waals surface area contributed by atoms with Gasteiger partial charge in [0.05, 0.1) is 6.10 Å². The molecule has 0 amide bonds. The molecule has 3 unspecified atom stereocenters. The molecule has 2 heteroatoms. The van der Waals surface area contributed by atoms with E-state index in [4.69, 9.17) is 0 Å². The van der Waals surface area contributed by atoms with E-state index in [0.29, 0.717) is 11.8 Å². The molecule has 3 atom stereocenters. The quantitative estimate of drug-likeness (QED) is 0.719. The maximum Gasteiger partial charge on any atom is 0.0968 e. The van der Waals surface area contributed by atoms with Crippen molar-refractivity contribution in [3.05, 3.63) is 24.0 Å². The van der Waals surface area contributed by atoms with Gasteiger partial charge in [0.15, 0.2) is 0 Å². The van der Waals surface area contributed by atoms with E-state index < -0.39 is 0 Å². The van der Waals surface area contributed by atoms with Crippen LogP contribution in [0.3, 0.4) is 0 Å². The van der Waals surface area contributed by atoms with Crippen LogP contribution in [0.5, 0.6) is 0 Å². The first kappa shape index (κ1) is 8.82. The van der Waals surface area contributed by atoms with Gasteiger partial charge in [-0.05, 0) is 30.4 Å². The van der Waals surface area contributed by atoms with E-state index >= 15 is 0 Å². The van der Waals surface area contributed by atoms with Crippen LogP contribution in [0.2, 0.25) is 0 Å². The molecule has 0 saturated heterocycles. The lowest BCUT2D eigenvalue weighted by Gasteiger charge is -2.21. The monoisotopic (exact) mass is 179 g/mol. The molecule has 0 spiro atoms. The lowest BCUT2D eigenvalue weighted by molar-refractivity contribution is 0.0867. The van der Waals surface area contributed by atoms with E-state index in [1.165, 1.54) is 19.3 Å². The first-order valence-corrected chi connectivity index (χ1v) is 5.10. The van der Waals surface area contributed by atoms with E-state index in [9.17, 15) is 5.11 Å². The number of rotatable bonds is 2. The summed E-state index contributed by atoms with van der Waals surface area (Å²) in [5.74, 6) is 1.12. The first-order valence-electron chi connectivity index (χ1n) is 5.10. The van der Waals surface area contributed by atoms with Crippen molar-refractivity contribution in [3.8, 4) is 0 Å². The predicted molar refractivity (Wildman–Crippen MR) is 52.3 cm³/mol. The van der Waals surface area contributed by atoms with Crippen LogP contribution in [0.4, 0.5) is 0 Å². The fourth-order valence-corrected chi connectivity index (χ4v) is 2.40. The summed E-state index contributed by atoms with van der Waals surface area (Å²) < 4.78 is 0. The van der Waals surface area contributed by atoms with Crippen LogP contribution in [-0.2, 0) is 0 Å². The van der Waals surface area contributed by atoms with E-state index in [1.54, 1.807) is 0 Å². The zero-order valence-electron chi connectivity index (χ0n) is 8.03. The van der Waals surface area contributed by atoms with Crippen LogP contribution in [0.15, 0.2) is 18.3 Å². The highest BCUT2D eigenvalue weighted by molar-refractivity contribution is 5.08. The molecule has 1 fully saturated rings. The van der Waals surface area contributed by atoms with Crippen molar-refractivity contribution in [1.82, 2.24) is 4.98 Å². The van der Waals surface area contributed by atoms with Crippen LogP contribution in [0.1, 0.15) is 38.0 Å². The van der Waals surface area contributed by atoms with Gasteiger partial charge in [-0.1, -0.05) is 19.8 Å². The van der Waals surface area contributed by atoms with Gasteiger partial charge in [0.25, 0.3) is 0 Å². The Bertz CT molecular complexity index is 255. The van der Waals surface area contributed by atoms with Gasteiger partial charge in [0, 0.05) is 11.9 Å². The van der Waals surface area contributed by atoms with Crippen molar-refractivity contribution < 1.29 is 5.11 Å². The second-order valence-corrected chi connectivity index (χ2v) is 4.14. The highest BCUT2D eigenvalue weighted by Crippen LogP contribution is 2.39. The Morgan fingerprint density at radius 1 is 1.54 bits per heavy atom. The average Bonchev–Trinajstić information content (AvgIpc) is 2.72. The molecule has 1 aliphatic carbocycles. The van der Waals surface area contributed by atoms with Gasteiger partial charge < -0.3 is 10.1 Å². The summed E-state index contributed by atoms with van der Waals surface area (Å²) in [5, 5.41) is 10.0. The zero-order valence-corrected chi connectivity index (χ0v) is 8.03. The van der Waals surface area contributed by atoms with Gasteiger partial charge in [-0.15, -0.1) is 0 Å². The molecular weight excluding hydrogens is 162 g/mol. The third-order valence-corrected chi connectivity index (χ3v) is 3.27. The van der Waals surface area contributed by atoms with E-state index in [1.807, 2.05) is 18.3 Å². The minimum Gasteiger partial charge on any atom is -0.387 e. The van der Waals surface area contributed by atoms with Crippen LogP contribution in [0, 0.1) is 11.8 Å². The number of hydrogen-bond donors (Lipinski definition) is 2. The third-order valence-electron chi connectivity index (χ3n) is 3.27. The normalized spacial score (nSPS) is 30.6. The standard InChI is InChI=1S/C11H17NO/c1-8-4-2-5-9(8)11(13)10-6-3-7-12-10/h3,6-9,11-13H,2,4-5H2,1H3. The third kappa shape index (κ3) is 1.63. The van der Waals surface area contributed by atoms with Crippen molar-refractivity contribution in [2.45, 2.75) is 32.3 Å². The molecule has 0 aliphatic heterocycles. The molecule has 13 heavy (non-hydrogen) atoms. The maximum absolute atomic E-state index is 10.0. The largest absolute Gasteiger partial charge is 0.387 e. The number of aromatic nitrogens is 1. The molecular formula is C11H17NO. The van der Waals surface area contributed by atoms with Crippen molar-refractivity contribution in [2.24, 2.45) is 11.8 Å². The molecule has 2 nitrogen and oxygen atoms in total. The summed E-state index contributed by atoms with van der Waals surface area (Å²) in [6.07, 6.45) is 5.29. The SMILES string of the molecule is CC1CCCC1C(O)c1ccc[nH]1. The first-order chi connectivity index (χ1) is 6.29. The summed E-state index contributed by atoms with van der Waals surface area (Å²) in [5.41, 5.74) is 0.971. The van der Waals surface area contributed by atoms with E-state index in [2.05, 4.69) is 11.9 Å². The Labute approximate surface area is 79.0 Å². The lowest BCUT2D eigenvalue weighted by atomic mass is 9.90. The van der Waals surface area contributed by atoms with Crippen molar-refractivity contribution >= 4 is 0 Å². The molecule has 1 aromatic rings. The topological polar surface area (TPSA) is 36.0 Å². The van der Waals surface area contributed by atoms with Crippen LogP contribution in [0.25, 0.3) is 0 Å². The molecule has 2 rings (SSSR count). The molecule has 72 valence electrons. The smallest absolute Gasteiger partial charge is 0.0968 e. The summed E-state index contributed by atoms with van der Waals surface area (Å²) >= 11 is 0. The van der Waals surface area contributed by atoms with Crippen LogP contribution >= 0.6 is 0 Å². The maximum atomic E-state index is 10.0. The van der Waals surface area contributed by atoms with Gasteiger partial charge in [-0.2, -0.15) is 0 Å². The molecule has 0 bridgehead atoms. The summed E-state index contributed by atoms with van der Waals surface area (Å²) in [6.45, 7) is 2.24. The van der Waals surface area contributed by atoms with Gasteiger partial charge in [-0.25, -0.2) is 0 Å². The van der Waals surface area contributed by atoms with Crippen molar-refractivity contribution in [2.75, 3.05) is 0 Å². The highest BCUT2D eigenvalue weighted by atomic mass is 16.3. The number of nitrogens with one attached hydrogen (secondary N) is 1. The van der Waals surface area contributed by atoms with E-state index in [0.717, 1.165) is 5.69 Å². The van der Waals surface area contributed by atoms with Crippen LogP contribution < -0.4 is 0 Å². The minimum atomic E-state index is -0.285. The van der Waals surface area contributed by atoms with E-state index in [-0.39, 0.29) is 6.10 Å². The average molecular weight is 179 g/mol. The molecule has 1 heterocycles. The van der Waals surface area contributed by atoms with Crippen molar-refractivity contribution in [3.63, 3.8) is 0 Å². The number of aromatic amines is 1. The Balaban J connectivity index is 2.08. The second-order valence-electron chi connectivity index (χ2n) is 4.14. The van der Waals surface area contributed by atoms with Gasteiger partial charge in [-0.3, -0.25) is 0 Å². The second kappa shape index (κ2) is 3.54. The Hall–Kier alpha value is -0.760. The Morgan fingerprint density at radius 3 is 2.92 bits per heavy atom. The molecule has 0 radical (unpaired) electrons. The molecule has 1 saturated carbocycles. The molecule has 1 aromatic heterocycles. The number of aliphatic hydroxyl groups is 1. The summed E-state index contributed by atoms with van der Waals surface area (Å²) in [4.78, 5) is 3.08. The van der Waals surface area contributed by atoms with Gasteiger partial charge in [0.1, 0.15) is 0 Å². The molecule has 0 aromatic carbocycles. The number of H-pyrrole nitrogens is 1. The highest BCUT2D eigenvalue weighted by Gasteiger charge is 2.30. The van der Waals surface area contributed by atoms with Crippen molar-refractivity contribution in [1.29, 1.82) is 0 Å². The van der Waals surface area contributed by atoms with Gasteiger partial charge >= 0.3 is 0 Å². The molecule has 1 aliphatic rings. The summed E-state index contributed by atoms with van der Waals surface area (Å²) in [7, 11) is 0. The molecule has 2 N–H and O–H groups in total. The Kier molecular flexibility index (Phi) is 2.40. The van der Waals surface area contributed by atoms with Crippen LogP contribution in [-0.4, -0.2) is 10.1 Å².